The van der Waals surface area contributed by atoms with Crippen LogP contribution in [0.5, 0.6) is 0 Å². The highest BCUT2D eigenvalue weighted by molar-refractivity contribution is 7.11. The Morgan fingerprint density at radius 2 is 1.84 bits per heavy atom. The summed E-state index contributed by atoms with van der Waals surface area (Å²) in [6.45, 7) is 5.15. The van der Waals surface area contributed by atoms with Crippen LogP contribution in [0.3, 0.4) is 0 Å². The van der Waals surface area contributed by atoms with Gasteiger partial charge in [-0.1, -0.05) is 48.0 Å². The lowest BCUT2D eigenvalue weighted by Crippen LogP contribution is -1.94. The first-order chi connectivity index (χ1) is 15.7. The summed E-state index contributed by atoms with van der Waals surface area (Å²) in [5.74, 6) is 0. The fraction of sp³-hybridized carbons (Fsp3) is 0.111. The van der Waals surface area contributed by atoms with Crippen molar-refractivity contribution >= 4 is 44.4 Å². The normalized spacial score (nSPS) is 11.7. The van der Waals surface area contributed by atoms with Gasteiger partial charge in [0.1, 0.15) is 16.6 Å². The molecule has 0 radical (unpaired) electrons. The maximum absolute atomic E-state index is 9.73. The molecule has 2 aromatic heterocycles. The van der Waals surface area contributed by atoms with Crippen LogP contribution in [-0.4, -0.2) is 9.55 Å². The van der Waals surface area contributed by atoms with E-state index in [9.17, 15) is 5.26 Å². The van der Waals surface area contributed by atoms with E-state index in [1.807, 2.05) is 5.38 Å². The van der Waals surface area contributed by atoms with E-state index in [1.165, 1.54) is 38.7 Å². The lowest BCUT2D eigenvalue weighted by atomic mass is 10.1. The molecular formula is C27H22N4S. The van der Waals surface area contributed by atoms with E-state index in [-0.39, 0.29) is 0 Å². The van der Waals surface area contributed by atoms with Crippen LogP contribution in [0.15, 0.2) is 78.3 Å². The summed E-state index contributed by atoms with van der Waals surface area (Å²) < 4.78 is 2.33. The number of benzene rings is 3. The lowest BCUT2D eigenvalue weighted by Gasteiger charge is -2.05. The summed E-state index contributed by atoms with van der Waals surface area (Å²) in [6, 6.07) is 25.4. The minimum atomic E-state index is 0.518. The Kier molecular flexibility index (Phi) is 5.22. The number of rotatable bonds is 5. The molecule has 0 atom stereocenters. The molecule has 0 unspecified atom stereocenters. The van der Waals surface area contributed by atoms with Gasteiger partial charge in [0.15, 0.2) is 0 Å². The van der Waals surface area contributed by atoms with E-state index in [0.29, 0.717) is 10.6 Å². The van der Waals surface area contributed by atoms with Gasteiger partial charge in [-0.2, -0.15) is 5.26 Å². The zero-order valence-corrected chi connectivity index (χ0v) is 18.8. The van der Waals surface area contributed by atoms with Crippen LogP contribution >= 0.6 is 11.3 Å². The number of aromatic nitrogens is 2. The van der Waals surface area contributed by atoms with Gasteiger partial charge in [0, 0.05) is 51.2 Å². The van der Waals surface area contributed by atoms with E-state index in [0.717, 1.165) is 23.5 Å². The predicted molar refractivity (Wildman–Crippen MR) is 135 cm³/mol. The van der Waals surface area contributed by atoms with Crippen LogP contribution in [0.2, 0.25) is 0 Å². The molecule has 0 bridgehead atoms. The smallest absolute Gasteiger partial charge is 0.136 e. The van der Waals surface area contributed by atoms with Crippen LogP contribution < -0.4 is 5.32 Å². The van der Waals surface area contributed by atoms with E-state index in [1.54, 1.807) is 6.20 Å². The summed E-state index contributed by atoms with van der Waals surface area (Å²) in [4.78, 5) is 4.68. The van der Waals surface area contributed by atoms with E-state index < -0.39 is 0 Å². The van der Waals surface area contributed by atoms with Crippen molar-refractivity contribution in [1.82, 2.24) is 9.55 Å². The summed E-state index contributed by atoms with van der Waals surface area (Å²) in [6.07, 6.45) is 1.75. The Bertz CT molecular complexity index is 1500. The topological polar surface area (TPSA) is 53.6 Å². The number of hydrogen-bond acceptors (Lipinski definition) is 4. The Morgan fingerprint density at radius 3 is 2.62 bits per heavy atom. The first-order valence-electron chi connectivity index (χ1n) is 10.6. The monoisotopic (exact) mass is 434 g/mol. The summed E-state index contributed by atoms with van der Waals surface area (Å²) in [5, 5.41) is 18.2. The van der Waals surface area contributed by atoms with Gasteiger partial charge in [0.2, 0.25) is 0 Å². The number of aryl methyl sites for hydroxylation is 2. The molecule has 2 heterocycles. The molecule has 5 rings (SSSR count). The SMILES string of the molecule is CCn1c2ccccc2c2cc(N/C=C(\C#N)c3nc(-c4ccc(C)cc4)cs3)ccc21. The molecular weight excluding hydrogens is 412 g/mol. The first-order valence-corrected chi connectivity index (χ1v) is 11.5. The zero-order valence-electron chi connectivity index (χ0n) is 18.0. The minimum absolute atomic E-state index is 0.518. The van der Waals surface area contributed by atoms with Crippen LogP contribution in [0, 0.1) is 18.3 Å². The largest absolute Gasteiger partial charge is 0.360 e. The molecule has 0 saturated heterocycles. The second kappa shape index (κ2) is 8.33. The molecule has 0 aliphatic heterocycles. The maximum atomic E-state index is 9.73. The Balaban J connectivity index is 1.46. The van der Waals surface area contributed by atoms with Gasteiger partial charge in [0.05, 0.1) is 5.69 Å². The molecule has 1 N–H and O–H groups in total. The van der Waals surface area contributed by atoms with Gasteiger partial charge >= 0.3 is 0 Å². The quantitative estimate of drug-likeness (QED) is 0.297. The highest BCUT2D eigenvalue weighted by Gasteiger charge is 2.11. The van der Waals surface area contributed by atoms with Crippen molar-refractivity contribution < 1.29 is 0 Å². The van der Waals surface area contributed by atoms with Crippen molar-refractivity contribution in [3.63, 3.8) is 0 Å². The highest BCUT2D eigenvalue weighted by Crippen LogP contribution is 2.31. The molecule has 0 spiro atoms. The third-order valence-corrected chi connectivity index (χ3v) is 6.55. The number of allylic oxidation sites excluding steroid dienone is 1. The van der Waals surface area contributed by atoms with Crippen molar-refractivity contribution in [1.29, 1.82) is 5.26 Å². The molecule has 3 aromatic carbocycles. The second-order valence-electron chi connectivity index (χ2n) is 7.71. The predicted octanol–water partition coefficient (Wildman–Crippen LogP) is 7.22. The first kappa shape index (κ1) is 20.0. The van der Waals surface area contributed by atoms with Crippen LogP contribution in [0.1, 0.15) is 17.5 Å². The van der Waals surface area contributed by atoms with E-state index in [4.69, 9.17) is 0 Å². The number of thiazole rings is 1. The third-order valence-electron chi connectivity index (χ3n) is 5.67. The summed E-state index contributed by atoms with van der Waals surface area (Å²) in [5.41, 5.74) is 7.07. The molecule has 0 aliphatic rings. The molecule has 0 aliphatic carbocycles. The van der Waals surface area contributed by atoms with Crippen LogP contribution in [0.25, 0.3) is 38.6 Å². The Morgan fingerprint density at radius 1 is 1.06 bits per heavy atom. The molecule has 32 heavy (non-hydrogen) atoms. The van der Waals surface area contributed by atoms with Crippen molar-refractivity contribution in [3.05, 3.63) is 88.9 Å². The van der Waals surface area contributed by atoms with Gasteiger partial charge in [-0.3, -0.25) is 0 Å². The molecule has 0 amide bonds. The Labute approximate surface area is 191 Å². The van der Waals surface area contributed by atoms with Gasteiger partial charge in [-0.15, -0.1) is 11.3 Å². The van der Waals surface area contributed by atoms with Gasteiger partial charge in [-0.25, -0.2) is 4.98 Å². The number of nitrogens with zero attached hydrogens (tertiary/aromatic N) is 3. The van der Waals surface area contributed by atoms with Gasteiger partial charge in [0.25, 0.3) is 0 Å². The zero-order chi connectivity index (χ0) is 22.1. The van der Waals surface area contributed by atoms with E-state index >= 15 is 0 Å². The second-order valence-corrected chi connectivity index (χ2v) is 8.57. The number of nitriles is 1. The molecule has 4 nitrogen and oxygen atoms in total. The highest BCUT2D eigenvalue weighted by atomic mass is 32.1. The van der Waals surface area contributed by atoms with Gasteiger partial charge < -0.3 is 9.88 Å². The molecule has 0 saturated carbocycles. The fourth-order valence-electron chi connectivity index (χ4n) is 4.04. The number of nitrogens with one attached hydrogen (secondary N) is 1. The molecule has 0 fully saturated rings. The van der Waals surface area contributed by atoms with Crippen LogP contribution in [0.4, 0.5) is 5.69 Å². The number of hydrogen-bond donors (Lipinski definition) is 1. The molecule has 5 heteroatoms. The van der Waals surface area contributed by atoms with Crippen LogP contribution in [-0.2, 0) is 6.54 Å². The van der Waals surface area contributed by atoms with Crippen molar-refractivity contribution in [2.75, 3.05) is 5.32 Å². The van der Waals surface area contributed by atoms with Crippen molar-refractivity contribution in [2.45, 2.75) is 20.4 Å². The molecule has 156 valence electrons. The summed E-state index contributed by atoms with van der Waals surface area (Å²) in [7, 11) is 0. The number of para-hydroxylation sites is 1. The van der Waals surface area contributed by atoms with Crippen molar-refractivity contribution in [2.24, 2.45) is 0 Å². The van der Waals surface area contributed by atoms with Crippen molar-refractivity contribution in [3.8, 4) is 17.3 Å². The molecule has 5 aromatic rings. The maximum Gasteiger partial charge on any atom is 0.136 e. The number of anilines is 1. The average molecular weight is 435 g/mol. The average Bonchev–Trinajstić information content (AvgIpc) is 3.43. The van der Waals surface area contributed by atoms with Gasteiger partial charge in [-0.05, 0) is 38.1 Å². The third kappa shape index (κ3) is 3.55. The van der Waals surface area contributed by atoms with E-state index in [2.05, 4.69) is 102 Å². The fourth-order valence-corrected chi connectivity index (χ4v) is 4.83. The Hall–Kier alpha value is -3.88. The standard InChI is InChI=1S/C27H22N4S/c1-3-31-25-7-5-4-6-22(25)23-14-21(12-13-26(23)31)29-16-20(15-28)27-30-24(17-32-27)19-10-8-18(2)9-11-19/h4-14,16-17,29H,3H2,1-2H3/b20-16+. The number of fused-ring (bicyclic) bond motifs is 3. The minimum Gasteiger partial charge on any atom is -0.360 e. The lowest BCUT2D eigenvalue weighted by molar-refractivity contribution is 0.827. The summed E-state index contributed by atoms with van der Waals surface area (Å²) >= 11 is 1.48.